The van der Waals surface area contributed by atoms with Gasteiger partial charge in [-0.1, -0.05) is 52.7 Å². The van der Waals surface area contributed by atoms with Crippen LogP contribution >= 0.6 is 27.5 Å². The third kappa shape index (κ3) is 3.15. The van der Waals surface area contributed by atoms with Gasteiger partial charge < -0.3 is 4.90 Å². The molecule has 7 nitrogen and oxygen atoms in total. The molecule has 5 rings (SSSR count). The van der Waals surface area contributed by atoms with E-state index in [-0.39, 0.29) is 12.3 Å². The summed E-state index contributed by atoms with van der Waals surface area (Å²) in [6.45, 7) is 7.19. The van der Waals surface area contributed by atoms with E-state index in [1.165, 1.54) is 9.80 Å². The Hall–Kier alpha value is -2.71. The van der Waals surface area contributed by atoms with E-state index < -0.39 is 46.8 Å². The number of fused-ring (bicyclic) bond motifs is 3. The zero-order valence-corrected chi connectivity index (χ0v) is 22.1. The molecule has 2 aromatic carbocycles. The van der Waals surface area contributed by atoms with Crippen LogP contribution in [0.2, 0.25) is 5.02 Å². The predicted octanol–water partition coefficient (Wildman–Crippen LogP) is 5.17. The second-order valence-corrected chi connectivity index (χ2v) is 11.6. The lowest BCUT2D eigenvalue weighted by atomic mass is 9.77. The molecule has 4 atom stereocenters. The van der Waals surface area contributed by atoms with Crippen molar-refractivity contribution in [1.29, 1.82) is 0 Å². The zero-order valence-electron chi connectivity index (χ0n) is 19.8. The highest BCUT2D eigenvalue weighted by Crippen LogP contribution is 2.60. The number of anilines is 1. The van der Waals surface area contributed by atoms with Crippen molar-refractivity contribution in [3.63, 3.8) is 0 Å². The van der Waals surface area contributed by atoms with Crippen molar-refractivity contribution in [2.75, 3.05) is 4.90 Å². The number of amides is 5. The lowest BCUT2D eigenvalue weighted by molar-refractivity contribution is -0.149. The number of halogens is 2. The normalized spacial score (nSPS) is 28.3. The summed E-state index contributed by atoms with van der Waals surface area (Å²) in [5, 5.41) is 0.383. The monoisotopic (exact) mass is 557 g/mol. The van der Waals surface area contributed by atoms with Crippen LogP contribution in [0.1, 0.15) is 45.7 Å². The first-order valence-electron chi connectivity index (χ1n) is 11.5. The van der Waals surface area contributed by atoms with E-state index in [1.807, 2.05) is 24.3 Å². The highest BCUT2D eigenvalue weighted by Gasteiger charge is 2.77. The molecule has 5 amide bonds. The number of hydrogen-bond acceptors (Lipinski definition) is 4. The topological polar surface area (TPSA) is 78.0 Å². The molecule has 3 aliphatic heterocycles. The maximum Gasteiger partial charge on any atom is 0.332 e. The summed E-state index contributed by atoms with van der Waals surface area (Å²) in [4.78, 5) is 59.7. The van der Waals surface area contributed by atoms with Gasteiger partial charge in [-0.25, -0.2) is 9.69 Å². The number of nitrogens with zero attached hydrogens (tertiary/aromatic N) is 3. The molecular weight excluding hydrogens is 534 g/mol. The molecule has 0 radical (unpaired) electrons. The molecule has 0 bridgehead atoms. The summed E-state index contributed by atoms with van der Waals surface area (Å²) in [6, 6.07) is 12.5. The lowest BCUT2D eigenvalue weighted by Crippen LogP contribution is -2.55. The fourth-order valence-electron chi connectivity index (χ4n) is 6.05. The van der Waals surface area contributed by atoms with Crippen LogP contribution in [0, 0.1) is 11.8 Å². The van der Waals surface area contributed by atoms with Crippen molar-refractivity contribution in [2.45, 2.75) is 51.2 Å². The quantitative estimate of drug-likeness (QED) is 0.384. The number of hydrogen-bond donors (Lipinski definition) is 0. The SMILES string of the molecule is CC[C@@]12C(=O)N(c3cccc(Cl)c3)C(=O)N1[C@H](c1ccc(Br)cc1)[C@@H]1C(=O)N(C(C)(C)C)C(=O)[C@@H]12. The summed E-state index contributed by atoms with van der Waals surface area (Å²) in [6.07, 6.45) is 0.194. The van der Waals surface area contributed by atoms with Gasteiger partial charge in [0, 0.05) is 15.0 Å². The van der Waals surface area contributed by atoms with Gasteiger partial charge >= 0.3 is 6.03 Å². The van der Waals surface area contributed by atoms with Gasteiger partial charge in [-0.3, -0.25) is 19.3 Å². The molecule has 0 spiro atoms. The Morgan fingerprint density at radius 3 is 2.23 bits per heavy atom. The molecule has 0 N–H and O–H groups in total. The average molecular weight is 559 g/mol. The molecular formula is C26H25BrClN3O4. The molecule has 0 unspecified atom stereocenters. The fourth-order valence-corrected chi connectivity index (χ4v) is 6.49. The molecule has 0 aromatic heterocycles. The number of benzene rings is 2. The highest BCUT2D eigenvalue weighted by atomic mass is 79.9. The minimum atomic E-state index is -1.48. The fraction of sp³-hybridized carbons (Fsp3) is 0.385. The largest absolute Gasteiger partial charge is 0.332 e. The molecule has 3 heterocycles. The Bertz CT molecular complexity index is 1270. The maximum absolute atomic E-state index is 14.2. The number of likely N-dealkylation sites (tertiary alicyclic amines) is 1. The van der Waals surface area contributed by atoms with E-state index in [1.54, 1.807) is 52.0 Å². The van der Waals surface area contributed by atoms with Gasteiger partial charge in [-0.15, -0.1) is 0 Å². The van der Waals surface area contributed by atoms with Crippen LogP contribution in [-0.4, -0.2) is 44.6 Å². The standard InChI is InChI=1S/C26H25BrClN3O4/c1-5-26-19-18(21(32)31(22(19)33)25(2,3)4)20(14-9-11-15(27)12-10-14)30(26)24(35)29(23(26)34)17-8-6-7-16(28)13-17/h6-13,18-20H,5H2,1-4H3/t18-,19-,20-,26-/m1/s1. The van der Waals surface area contributed by atoms with Crippen LogP contribution in [0.5, 0.6) is 0 Å². The van der Waals surface area contributed by atoms with Gasteiger partial charge in [-0.05, 0) is 63.1 Å². The Kier molecular flexibility index (Phi) is 5.42. The van der Waals surface area contributed by atoms with Crippen molar-refractivity contribution in [3.8, 4) is 0 Å². The van der Waals surface area contributed by atoms with Crippen LogP contribution in [-0.2, 0) is 14.4 Å². The van der Waals surface area contributed by atoms with E-state index in [2.05, 4.69) is 15.9 Å². The van der Waals surface area contributed by atoms with E-state index in [4.69, 9.17) is 11.6 Å². The van der Waals surface area contributed by atoms with E-state index >= 15 is 0 Å². The molecule has 3 fully saturated rings. The summed E-state index contributed by atoms with van der Waals surface area (Å²) < 4.78 is 0.840. The Balaban J connectivity index is 1.75. The minimum absolute atomic E-state index is 0.194. The number of urea groups is 1. The maximum atomic E-state index is 14.2. The van der Waals surface area contributed by atoms with Crippen LogP contribution in [0.4, 0.5) is 10.5 Å². The molecule has 35 heavy (non-hydrogen) atoms. The van der Waals surface area contributed by atoms with E-state index in [0.29, 0.717) is 16.3 Å². The average Bonchev–Trinajstić information content (AvgIpc) is 3.32. The number of rotatable bonds is 3. The zero-order chi connectivity index (χ0) is 25.4. The minimum Gasteiger partial charge on any atom is -0.300 e. The van der Waals surface area contributed by atoms with Gasteiger partial charge in [0.05, 0.1) is 23.6 Å². The third-order valence-electron chi connectivity index (χ3n) is 7.37. The van der Waals surface area contributed by atoms with Gasteiger partial charge in [0.1, 0.15) is 5.54 Å². The van der Waals surface area contributed by atoms with E-state index in [9.17, 15) is 19.2 Å². The molecule has 9 heteroatoms. The summed E-state index contributed by atoms with van der Waals surface area (Å²) in [5.74, 6) is -3.09. The van der Waals surface area contributed by atoms with Crippen molar-refractivity contribution in [1.82, 2.24) is 9.80 Å². The van der Waals surface area contributed by atoms with Crippen LogP contribution in [0.15, 0.2) is 53.0 Å². The van der Waals surface area contributed by atoms with Gasteiger partial charge in [0.2, 0.25) is 11.8 Å². The third-order valence-corrected chi connectivity index (χ3v) is 8.14. The van der Waals surface area contributed by atoms with E-state index in [0.717, 1.165) is 9.37 Å². The molecule has 3 aliphatic rings. The summed E-state index contributed by atoms with van der Waals surface area (Å²) in [7, 11) is 0. The first-order valence-corrected chi connectivity index (χ1v) is 12.7. The molecule has 3 saturated heterocycles. The summed E-state index contributed by atoms with van der Waals surface area (Å²) in [5.41, 5.74) is -1.20. The summed E-state index contributed by atoms with van der Waals surface area (Å²) >= 11 is 9.61. The van der Waals surface area contributed by atoms with Crippen LogP contribution in [0.25, 0.3) is 0 Å². The van der Waals surface area contributed by atoms with Crippen molar-refractivity contribution >= 4 is 57.0 Å². The Morgan fingerprint density at radius 2 is 1.66 bits per heavy atom. The molecule has 0 aliphatic carbocycles. The first kappa shape index (κ1) is 24.0. The van der Waals surface area contributed by atoms with Gasteiger partial charge in [0.25, 0.3) is 5.91 Å². The van der Waals surface area contributed by atoms with Crippen molar-refractivity contribution < 1.29 is 19.2 Å². The van der Waals surface area contributed by atoms with Crippen molar-refractivity contribution in [3.05, 3.63) is 63.6 Å². The highest BCUT2D eigenvalue weighted by molar-refractivity contribution is 9.10. The molecule has 182 valence electrons. The number of carbonyl (C=O) groups is 4. The molecule has 2 aromatic rings. The smallest absolute Gasteiger partial charge is 0.300 e. The first-order chi connectivity index (χ1) is 16.4. The van der Waals surface area contributed by atoms with Gasteiger partial charge in [-0.2, -0.15) is 0 Å². The van der Waals surface area contributed by atoms with Crippen LogP contribution in [0.3, 0.4) is 0 Å². The Morgan fingerprint density at radius 1 is 1.00 bits per heavy atom. The van der Waals surface area contributed by atoms with Gasteiger partial charge in [0.15, 0.2) is 0 Å². The van der Waals surface area contributed by atoms with Crippen LogP contribution < -0.4 is 4.90 Å². The number of carbonyl (C=O) groups excluding carboxylic acids is 4. The second kappa shape index (κ2) is 7.90. The molecule has 0 saturated carbocycles. The Labute approximate surface area is 217 Å². The van der Waals surface area contributed by atoms with Crippen molar-refractivity contribution in [2.24, 2.45) is 11.8 Å². The lowest BCUT2D eigenvalue weighted by Gasteiger charge is -2.37. The predicted molar refractivity (Wildman–Crippen MR) is 135 cm³/mol. The second-order valence-electron chi connectivity index (χ2n) is 10.2. The number of imide groups is 2.